The van der Waals surface area contributed by atoms with Crippen molar-refractivity contribution in [1.29, 1.82) is 0 Å². The Hall–Kier alpha value is -0.720. The van der Waals surface area contributed by atoms with E-state index in [0.717, 1.165) is 42.4 Å². The van der Waals surface area contributed by atoms with E-state index < -0.39 is 0 Å². The third kappa shape index (κ3) is 3.07. The Morgan fingerprint density at radius 1 is 1.47 bits per heavy atom. The van der Waals surface area contributed by atoms with Gasteiger partial charge in [-0.1, -0.05) is 6.92 Å². The number of hydrogen-bond acceptors (Lipinski definition) is 6. The number of carbonyl (C=O) groups excluding carboxylic acids is 1. The molecule has 2 heterocycles. The number of Topliss-reactive ketones (excluding diaryl/α,β-unsaturated/α-hetero) is 1. The summed E-state index contributed by atoms with van der Waals surface area (Å²) >= 11 is 3.20. The maximum Gasteiger partial charge on any atom is 0.174 e. The van der Waals surface area contributed by atoms with Gasteiger partial charge in [0.05, 0.1) is 15.5 Å². The molecule has 0 amide bonds. The first-order valence-electron chi connectivity index (χ1n) is 6.64. The predicted molar refractivity (Wildman–Crippen MR) is 84.8 cm³/mol. The minimum Gasteiger partial charge on any atom is -0.396 e. The van der Waals surface area contributed by atoms with Gasteiger partial charge in [-0.15, -0.1) is 23.1 Å². The molecule has 0 aromatic carbocycles. The summed E-state index contributed by atoms with van der Waals surface area (Å²) < 4.78 is 0. The van der Waals surface area contributed by atoms with E-state index in [4.69, 9.17) is 5.73 Å². The molecule has 0 radical (unpaired) electrons. The number of carbonyl (C=O) groups is 1. The van der Waals surface area contributed by atoms with Crippen LogP contribution < -0.4 is 16.0 Å². The number of rotatable bonds is 4. The molecule has 19 heavy (non-hydrogen) atoms. The molecule has 1 aromatic rings. The average molecular weight is 299 g/mol. The van der Waals surface area contributed by atoms with Gasteiger partial charge in [0, 0.05) is 26.1 Å². The number of hydrogen-bond donors (Lipinski definition) is 2. The maximum absolute atomic E-state index is 12.0. The van der Waals surface area contributed by atoms with E-state index in [1.165, 1.54) is 5.00 Å². The van der Waals surface area contributed by atoms with Gasteiger partial charge >= 0.3 is 0 Å². The molecule has 1 aliphatic rings. The van der Waals surface area contributed by atoms with Gasteiger partial charge in [0.25, 0.3) is 0 Å². The van der Waals surface area contributed by atoms with Crippen molar-refractivity contribution in [1.82, 2.24) is 5.32 Å². The van der Waals surface area contributed by atoms with E-state index in [1.54, 1.807) is 23.1 Å². The topological polar surface area (TPSA) is 58.4 Å². The third-order valence-corrected chi connectivity index (χ3v) is 5.55. The number of nitrogens with zero attached hydrogens (tertiary/aromatic N) is 1. The summed E-state index contributed by atoms with van der Waals surface area (Å²) in [4.78, 5) is 16.1. The number of nitrogens with one attached hydrogen (secondary N) is 1. The number of nitrogen functional groups attached to an aromatic ring is 1. The van der Waals surface area contributed by atoms with Crippen molar-refractivity contribution in [3.05, 3.63) is 4.88 Å². The van der Waals surface area contributed by atoms with E-state index >= 15 is 0 Å². The standard InChI is InChI=1S/C13H21N3OS2/c1-3-9(17)11-10(14)12(18-2)13(19-11)16-7-4-5-15-6-8-16/h15H,3-8,14H2,1-2H3. The van der Waals surface area contributed by atoms with Crippen LogP contribution in [-0.2, 0) is 0 Å². The van der Waals surface area contributed by atoms with Gasteiger partial charge in [0.2, 0.25) is 0 Å². The fourth-order valence-electron chi connectivity index (χ4n) is 2.24. The zero-order valence-electron chi connectivity index (χ0n) is 11.5. The van der Waals surface area contributed by atoms with E-state index in [9.17, 15) is 4.79 Å². The Morgan fingerprint density at radius 2 is 2.26 bits per heavy atom. The molecule has 2 rings (SSSR count). The molecule has 106 valence electrons. The van der Waals surface area contributed by atoms with Crippen molar-refractivity contribution in [2.75, 3.05) is 43.1 Å². The van der Waals surface area contributed by atoms with Gasteiger partial charge in [-0.25, -0.2) is 0 Å². The van der Waals surface area contributed by atoms with Gasteiger partial charge in [-0.3, -0.25) is 4.79 Å². The SMILES string of the molecule is CCC(=O)c1sc(N2CCCNCC2)c(SC)c1N. The summed E-state index contributed by atoms with van der Waals surface area (Å²) in [6, 6.07) is 0. The molecule has 0 saturated carbocycles. The van der Waals surface area contributed by atoms with Gasteiger partial charge in [0.1, 0.15) is 5.00 Å². The fourth-order valence-corrected chi connectivity index (χ4v) is 4.48. The van der Waals surface area contributed by atoms with Crippen LogP contribution in [0.5, 0.6) is 0 Å². The van der Waals surface area contributed by atoms with E-state index in [2.05, 4.69) is 10.2 Å². The minimum atomic E-state index is 0.150. The highest BCUT2D eigenvalue weighted by Crippen LogP contribution is 2.44. The lowest BCUT2D eigenvalue weighted by atomic mass is 10.2. The molecular weight excluding hydrogens is 278 g/mol. The van der Waals surface area contributed by atoms with E-state index in [-0.39, 0.29) is 5.78 Å². The lowest BCUT2D eigenvalue weighted by Gasteiger charge is -2.21. The van der Waals surface area contributed by atoms with Crippen LogP contribution >= 0.6 is 23.1 Å². The number of thioether (sulfide) groups is 1. The molecule has 1 aliphatic heterocycles. The highest BCUT2D eigenvalue weighted by Gasteiger charge is 2.23. The number of thiophene rings is 1. The van der Waals surface area contributed by atoms with Crippen LogP contribution in [0.4, 0.5) is 10.7 Å². The van der Waals surface area contributed by atoms with Crippen LogP contribution in [0.25, 0.3) is 0 Å². The molecule has 6 heteroatoms. The Morgan fingerprint density at radius 3 is 2.95 bits per heavy atom. The maximum atomic E-state index is 12.0. The molecule has 1 fully saturated rings. The number of anilines is 2. The lowest BCUT2D eigenvalue weighted by Crippen LogP contribution is -2.27. The van der Waals surface area contributed by atoms with E-state index in [0.29, 0.717) is 12.1 Å². The molecule has 0 unspecified atom stereocenters. The molecule has 1 aromatic heterocycles. The molecular formula is C13H21N3OS2. The Bertz CT molecular complexity index is 451. The Balaban J connectivity index is 2.35. The van der Waals surface area contributed by atoms with Crippen LogP contribution in [0.15, 0.2) is 4.90 Å². The average Bonchev–Trinajstić information content (AvgIpc) is 2.61. The zero-order chi connectivity index (χ0) is 13.8. The second-order valence-corrected chi connectivity index (χ2v) is 6.37. The van der Waals surface area contributed by atoms with Crippen molar-refractivity contribution < 1.29 is 4.79 Å². The van der Waals surface area contributed by atoms with Gasteiger partial charge in [-0.05, 0) is 19.2 Å². The monoisotopic (exact) mass is 299 g/mol. The molecule has 0 spiro atoms. The summed E-state index contributed by atoms with van der Waals surface area (Å²) in [6.45, 7) is 5.94. The number of ketones is 1. The summed E-state index contributed by atoms with van der Waals surface area (Å²) in [5.41, 5.74) is 6.84. The van der Waals surface area contributed by atoms with Crippen LogP contribution in [0.1, 0.15) is 29.4 Å². The molecule has 1 saturated heterocycles. The van der Waals surface area contributed by atoms with Crippen LogP contribution in [-0.4, -0.2) is 38.2 Å². The van der Waals surface area contributed by atoms with Gasteiger partial charge in [-0.2, -0.15) is 0 Å². The van der Waals surface area contributed by atoms with Crippen molar-refractivity contribution in [3.8, 4) is 0 Å². The molecule has 3 N–H and O–H groups in total. The zero-order valence-corrected chi connectivity index (χ0v) is 13.1. The van der Waals surface area contributed by atoms with Crippen LogP contribution in [0.3, 0.4) is 0 Å². The first-order chi connectivity index (χ1) is 9.19. The molecule has 0 atom stereocenters. The smallest absolute Gasteiger partial charge is 0.174 e. The summed E-state index contributed by atoms with van der Waals surface area (Å²) in [6.07, 6.45) is 3.67. The molecule has 0 bridgehead atoms. The second kappa shape index (κ2) is 6.63. The van der Waals surface area contributed by atoms with Crippen LogP contribution in [0, 0.1) is 0 Å². The quantitative estimate of drug-likeness (QED) is 0.660. The third-order valence-electron chi connectivity index (χ3n) is 3.29. The van der Waals surface area contributed by atoms with Gasteiger partial charge in [0.15, 0.2) is 5.78 Å². The minimum absolute atomic E-state index is 0.150. The number of nitrogens with two attached hydrogens (primary N) is 1. The normalized spacial score (nSPS) is 16.4. The summed E-state index contributed by atoms with van der Waals surface area (Å²) in [7, 11) is 0. The molecule has 0 aliphatic carbocycles. The van der Waals surface area contributed by atoms with Crippen molar-refractivity contribution in [2.24, 2.45) is 0 Å². The Kier molecular flexibility index (Phi) is 5.13. The molecule has 4 nitrogen and oxygen atoms in total. The van der Waals surface area contributed by atoms with Gasteiger partial charge < -0.3 is 16.0 Å². The van der Waals surface area contributed by atoms with Crippen molar-refractivity contribution >= 4 is 39.6 Å². The largest absolute Gasteiger partial charge is 0.396 e. The van der Waals surface area contributed by atoms with Crippen LogP contribution in [0.2, 0.25) is 0 Å². The highest BCUT2D eigenvalue weighted by atomic mass is 32.2. The fraction of sp³-hybridized carbons (Fsp3) is 0.615. The summed E-state index contributed by atoms with van der Waals surface area (Å²) in [5.74, 6) is 0.150. The Labute approximate surface area is 122 Å². The van der Waals surface area contributed by atoms with E-state index in [1.807, 2.05) is 13.2 Å². The predicted octanol–water partition coefficient (Wildman–Crippen LogP) is 2.44. The second-order valence-electron chi connectivity index (χ2n) is 4.55. The first-order valence-corrected chi connectivity index (χ1v) is 8.68. The summed E-state index contributed by atoms with van der Waals surface area (Å²) in [5, 5.41) is 4.57. The van der Waals surface area contributed by atoms with Crippen molar-refractivity contribution in [3.63, 3.8) is 0 Å². The highest BCUT2D eigenvalue weighted by molar-refractivity contribution is 7.99. The lowest BCUT2D eigenvalue weighted by molar-refractivity contribution is 0.0992. The first kappa shape index (κ1) is 14.7. The van der Waals surface area contributed by atoms with Crippen molar-refractivity contribution in [2.45, 2.75) is 24.7 Å².